The third kappa shape index (κ3) is 2.07. The Labute approximate surface area is 107 Å². The summed E-state index contributed by atoms with van der Waals surface area (Å²) in [6, 6.07) is 4.81. The molecule has 0 amide bonds. The summed E-state index contributed by atoms with van der Waals surface area (Å²) in [7, 11) is 1.07. The predicted octanol–water partition coefficient (Wildman–Crippen LogP) is 1.78. The zero-order valence-corrected chi connectivity index (χ0v) is 9.47. The van der Waals surface area contributed by atoms with Gasteiger partial charge in [0, 0.05) is 21.6 Å². The van der Waals surface area contributed by atoms with Crippen LogP contribution in [-0.4, -0.2) is 18.2 Å². The molecule has 0 saturated carbocycles. The maximum absolute atomic E-state index is 11.8. The zero-order valence-electron chi connectivity index (χ0n) is 12.5. The quantitative estimate of drug-likeness (QED) is 0.650. The highest BCUT2D eigenvalue weighted by Gasteiger charge is 2.19. The molecule has 5 nitrogen and oxygen atoms in total. The molecule has 1 N–H and O–H groups in total. The smallest absolute Gasteiger partial charge is 0.336 e. The first-order valence-electron chi connectivity index (χ1n) is 6.58. The van der Waals surface area contributed by atoms with Gasteiger partial charge in [0.15, 0.2) is 0 Å². The number of phenolic OH excluding ortho intramolecular Hbond substituents is 1. The van der Waals surface area contributed by atoms with Crippen LogP contribution in [0.15, 0.2) is 33.5 Å². The van der Waals surface area contributed by atoms with E-state index in [1.807, 2.05) is 0 Å². The zero-order chi connectivity index (χ0) is 15.8. The van der Waals surface area contributed by atoms with Gasteiger partial charge in [-0.2, -0.15) is 0 Å². The Balaban J connectivity index is 2.79. The van der Waals surface area contributed by atoms with Crippen LogP contribution in [0.2, 0.25) is 0 Å². The molecule has 0 aliphatic heterocycles. The summed E-state index contributed by atoms with van der Waals surface area (Å²) in [5, 5.41) is 9.65. The summed E-state index contributed by atoms with van der Waals surface area (Å²) in [5.41, 5.74) is -0.843. The van der Waals surface area contributed by atoms with E-state index in [9.17, 15) is 14.7 Å². The number of ether oxygens (including phenoxy) is 1. The lowest BCUT2D eigenvalue weighted by Gasteiger charge is -2.11. The van der Waals surface area contributed by atoms with Crippen molar-refractivity contribution in [1.82, 2.24) is 0 Å². The molecule has 0 saturated heterocycles. The van der Waals surface area contributed by atoms with Crippen molar-refractivity contribution in [3.63, 3.8) is 0 Å². The minimum Gasteiger partial charge on any atom is -0.508 e. The summed E-state index contributed by atoms with van der Waals surface area (Å²) >= 11 is 0. The molecule has 94 valence electrons. The average molecular weight is 251 g/mol. The van der Waals surface area contributed by atoms with Gasteiger partial charge in [-0.1, -0.05) is 0 Å². The van der Waals surface area contributed by atoms with E-state index in [2.05, 4.69) is 4.74 Å². The third-order valence-corrected chi connectivity index (χ3v) is 2.51. The molecule has 0 aliphatic rings. The van der Waals surface area contributed by atoms with Gasteiger partial charge in [0.25, 0.3) is 0 Å². The molecule has 1 aromatic carbocycles. The predicted molar refractivity (Wildman–Crippen MR) is 64.6 cm³/mol. The summed E-state index contributed by atoms with van der Waals surface area (Å²) in [6.07, 6.45) is 0. The van der Waals surface area contributed by atoms with Crippen molar-refractivity contribution in [2.45, 2.75) is 12.8 Å². The van der Waals surface area contributed by atoms with Crippen LogP contribution >= 0.6 is 0 Å². The van der Waals surface area contributed by atoms with E-state index in [-0.39, 0.29) is 22.3 Å². The number of hydrogen-bond donors (Lipinski definition) is 1. The first-order chi connectivity index (χ1) is 9.74. The van der Waals surface area contributed by atoms with E-state index in [0.717, 1.165) is 13.2 Å². The topological polar surface area (TPSA) is 76.7 Å². The average Bonchev–Trinajstić information content (AvgIpc) is 2.36. The van der Waals surface area contributed by atoms with E-state index >= 15 is 0 Å². The van der Waals surface area contributed by atoms with E-state index in [1.54, 1.807) is 0 Å². The molecule has 2 rings (SSSR count). The maximum Gasteiger partial charge on any atom is 0.336 e. The Hall–Kier alpha value is -2.30. The van der Waals surface area contributed by atoms with Gasteiger partial charge in [0.2, 0.25) is 0 Å². The molecule has 1 atom stereocenters. The third-order valence-electron chi connectivity index (χ3n) is 2.51. The molecule has 18 heavy (non-hydrogen) atoms. The monoisotopic (exact) mass is 251 g/mol. The van der Waals surface area contributed by atoms with Crippen molar-refractivity contribution in [3.8, 4) is 5.75 Å². The Morgan fingerprint density at radius 2 is 2.28 bits per heavy atom. The lowest BCUT2D eigenvalue weighted by molar-refractivity contribution is -0.141. The molecule has 1 unspecified atom stereocenters. The van der Waals surface area contributed by atoms with Crippen molar-refractivity contribution in [3.05, 3.63) is 40.2 Å². The van der Waals surface area contributed by atoms with Crippen molar-refractivity contribution in [2.75, 3.05) is 7.11 Å². The Kier molecular flexibility index (Phi) is 2.20. The van der Waals surface area contributed by atoms with Gasteiger partial charge >= 0.3 is 11.6 Å². The second-order valence-electron chi connectivity index (χ2n) is 3.66. The summed E-state index contributed by atoms with van der Waals surface area (Å²) in [5.74, 6) is -2.74. The van der Waals surface area contributed by atoms with Gasteiger partial charge < -0.3 is 14.3 Å². The molecule has 5 heteroatoms. The Morgan fingerprint density at radius 3 is 2.94 bits per heavy atom. The molecule has 0 fully saturated rings. The van der Waals surface area contributed by atoms with Crippen LogP contribution < -0.4 is 5.63 Å². The molecule has 0 spiro atoms. The number of fused-ring (bicyclic) bond motifs is 1. The van der Waals surface area contributed by atoms with Crippen LogP contribution in [0.1, 0.15) is 22.4 Å². The number of phenols is 1. The summed E-state index contributed by atoms with van der Waals surface area (Å²) in [4.78, 5) is 23.4. The van der Waals surface area contributed by atoms with Gasteiger partial charge in [-0.15, -0.1) is 0 Å². The van der Waals surface area contributed by atoms with Crippen molar-refractivity contribution in [1.29, 1.82) is 0 Å². The van der Waals surface area contributed by atoms with Crippen LogP contribution in [-0.2, 0) is 9.53 Å². The Bertz CT molecular complexity index is 748. The van der Waals surface area contributed by atoms with Crippen LogP contribution in [0, 0.1) is 0 Å². The fraction of sp³-hybridized carbons (Fsp3) is 0.231. The van der Waals surface area contributed by atoms with Gasteiger partial charge in [-0.25, -0.2) is 4.79 Å². The standard InChI is InChI=1S/C13H12O5/c1-7(13(16)17-2)10-6-12(15)18-11-5-8(14)3-4-9(10)11/h3-7,14H,1-2H3/i1D3. The number of carbonyl (C=O) groups is 1. The van der Waals surface area contributed by atoms with Gasteiger partial charge in [-0.3, -0.25) is 4.79 Å². The van der Waals surface area contributed by atoms with Gasteiger partial charge in [0.1, 0.15) is 11.3 Å². The molecule has 0 bridgehead atoms. The lowest BCUT2D eigenvalue weighted by Crippen LogP contribution is -2.13. The van der Waals surface area contributed by atoms with Crippen LogP contribution in [0.25, 0.3) is 11.0 Å². The van der Waals surface area contributed by atoms with E-state index in [1.165, 1.54) is 18.2 Å². The van der Waals surface area contributed by atoms with E-state index in [0.29, 0.717) is 0 Å². The molecular formula is C13H12O5. The number of carbonyl (C=O) groups excluding carboxylic acids is 1. The van der Waals surface area contributed by atoms with Crippen LogP contribution in [0.5, 0.6) is 5.75 Å². The minimum atomic E-state index is -2.69. The van der Waals surface area contributed by atoms with Crippen molar-refractivity contribution < 1.29 is 23.2 Å². The van der Waals surface area contributed by atoms with Crippen LogP contribution in [0.3, 0.4) is 0 Å². The second-order valence-corrected chi connectivity index (χ2v) is 3.66. The number of methoxy groups -OCH3 is 1. The number of rotatable bonds is 2. The highest BCUT2D eigenvalue weighted by Crippen LogP contribution is 2.27. The number of benzene rings is 1. The van der Waals surface area contributed by atoms with Crippen molar-refractivity contribution >= 4 is 16.9 Å². The fourth-order valence-corrected chi connectivity index (χ4v) is 1.66. The molecule has 2 aromatic rings. The fourth-order valence-electron chi connectivity index (χ4n) is 1.66. The second kappa shape index (κ2) is 4.52. The minimum absolute atomic E-state index is 0.00402. The van der Waals surface area contributed by atoms with E-state index < -0.39 is 24.4 Å². The molecule has 0 radical (unpaired) electrons. The van der Waals surface area contributed by atoms with Crippen molar-refractivity contribution in [2.24, 2.45) is 0 Å². The SMILES string of the molecule is [2H]C([2H])([2H])C(C(=O)OC)c1cc(=O)oc2cc(O)ccc12. The Morgan fingerprint density at radius 1 is 1.50 bits per heavy atom. The highest BCUT2D eigenvalue weighted by atomic mass is 16.5. The normalized spacial score (nSPS) is 15.5. The summed E-state index contributed by atoms with van der Waals surface area (Å²) < 4.78 is 31.9. The number of esters is 1. The first-order valence-corrected chi connectivity index (χ1v) is 5.08. The number of hydrogen-bond acceptors (Lipinski definition) is 5. The largest absolute Gasteiger partial charge is 0.508 e. The lowest BCUT2D eigenvalue weighted by atomic mass is 9.98. The molecule has 0 aliphatic carbocycles. The number of aromatic hydroxyl groups is 1. The molecule has 1 aromatic heterocycles. The van der Waals surface area contributed by atoms with E-state index in [4.69, 9.17) is 8.53 Å². The van der Waals surface area contributed by atoms with Gasteiger partial charge in [0.05, 0.1) is 13.0 Å². The molecule has 1 heterocycles. The summed E-state index contributed by atoms with van der Waals surface area (Å²) in [6.45, 7) is -2.69. The van der Waals surface area contributed by atoms with Gasteiger partial charge in [-0.05, 0) is 24.5 Å². The molecular weight excluding hydrogens is 236 g/mol. The highest BCUT2D eigenvalue weighted by molar-refractivity contribution is 5.88. The van der Waals surface area contributed by atoms with Crippen LogP contribution in [0.4, 0.5) is 0 Å². The maximum atomic E-state index is 11.8. The first kappa shape index (κ1) is 8.74.